The lowest BCUT2D eigenvalue weighted by Crippen LogP contribution is -2.08. The van der Waals surface area contributed by atoms with Crippen molar-refractivity contribution in [3.8, 4) is 11.5 Å². The second-order valence-corrected chi connectivity index (χ2v) is 4.19. The van der Waals surface area contributed by atoms with E-state index in [0.29, 0.717) is 0 Å². The van der Waals surface area contributed by atoms with Crippen LogP contribution < -0.4 is 10.5 Å². The van der Waals surface area contributed by atoms with Crippen molar-refractivity contribution in [2.45, 2.75) is 6.18 Å². The number of carbonyl (C=O) groups excluding carboxylic acids is 1. The van der Waals surface area contributed by atoms with Gasteiger partial charge in [0.15, 0.2) is 11.4 Å². The lowest BCUT2D eigenvalue weighted by atomic mass is 10.2. The third kappa shape index (κ3) is 3.27. The largest absolute Gasteiger partial charge is 0.464 e. The maximum absolute atomic E-state index is 12.6. The molecular weight excluding hydrogens is 301 g/mol. The van der Waals surface area contributed by atoms with Crippen LogP contribution >= 0.6 is 0 Å². The fourth-order valence-corrected chi connectivity index (χ4v) is 1.66. The summed E-state index contributed by atoms with van der Waals surface area (Å²) in [5.41, 5.74) is 4.35. The van der Waals surface area contributed by atoms with Crippen LogP contribution in [0, 0.1) is 0 Å². The number of rotatable bonds is 3. The molecular formula is C14H11F3N2O3. The molecule has 0 aliphatic heterocycles. The van der Waals surface area contributed by atoms with Gasteiger partial charge in [0.25, 0.3) is 0 Å². The van der Waals surface area contributed by atoms with Gasteiger partial charge in [0.1, 0.15) is 5.75 Å². The third-order valence-electron chi connectivity index (χ3n) is 2.71. The average Bonchev–Trinajstić information content (AvgIpc) is 2.48. The highest BCUT2D eigenvalue weighted by molar-refractivity contribution is 5.90. The maximum Gasteiger partial charge on any atom is 0.416 e. The number of alkyl halides is 3. The molecule has 0 saturated heterocycles. The highest BCUT2D eigenvalue weighted by Crippen LogP contribution is 2.35. The van der Waals surface area contributed by atoms with E-state index in [1.807, 2.05) is 0 Å². The Morgan fingerprint density at radius 3 is 2.55 bits per heavy atom. The first-order valence-electron chi connectivity index (χ1n) is 6.01. The van der Waals surface area contributed by atoms with Crippen molar-refractivity contribution in [3.63, 3.8) is 0 Å². The number of benzene rings is 1. The zero-order valence-electron chi connectivity index (χ0n) is 11.3. The molecule has 0 unspecified atom stereocenters. The van der Waals surface area contributed by atoms with Crippen molar-refractivity contribution in [3.05, 3.63) is 47.8 Å². The van der Waals surface area contributed by atoms with Crippen LogP contribution in [-0.2, 0) is 10.9 Å². The summed E-state index contributed by atoms with van der Waals surface area (Å²) < 4.78 is 47.6. The molecule has 22 heavy (non-hydrogen) atoms. The standard InChI is InChI=1S/C14H11F3N2O3/c1-21-13(20)12-11(3-2-6-19-12)22-10-5-4-8(7-9(10)18)14(15,16)17/h2-7H,18H2,1H3. The van der Waals surface area contributed by atoms with Gasteiger partial charge in [-0.15, -0.1) is 0 Å². The first kappa shape index (κ1) is 15.6. The molecule has 0 atom stereocenters. The van der Waals surface area contributed by atoms with Crippen LogP contribution in [0.3, 0.4) is 0 Å². The van der Waals surface area contributed by atoms with E-state index < -0.39 is 17.7 Å². The predicted molar refractivity (Wildman–Crippen MR) is 71.5 cm³/mol. The molecule has 116 valence electrons. The van der Waals surface area contributed by atoms with Crippen LogP contribution in [0.2, 0.25) is 0 Å². The van der Waals surface area contributed by atoms with E-state index in [9.17, 15) is 18.0 Å². The topological polar surface area (TPSA) is 74.4 Å². The van der Waals surface area contributed by atoms with Crippen LogP contribution in [0.5, 0.6) is 11.5 Å². The summed E-state index contributed by atoms with van der Waals surface area (Å²) in [6.07, 6.45) is -3.15. The molecule has 1 heterocycles. The van der Waals surface area contributed by atoms with Crippen LogP contribution in [0.4, 0.5) is 18.9 Å². The lowest BCUT2D eigenvalue weighted by molar-refractivity contribution is -0.137. The van der Waals surface area contributed by atoms with Gasteiger partial charge in [-0.1, -0.05) is 0 Å². The number of methoxy groups -OCH3 is 1. The summed E-state index contributed by atoms with van der Waals surface area (Å²) in [6, 6.07) is 5.59. The molecule has 1 aromatic heterocycles. The van der Waals surface area contributed by atoms with Gasteiger partial charge in [0.2, 0.25) is 0 Å². The quantitative estimate of drug-likeness (QED) is 0.695. The zero-order valence-corrected chi connectivity index (χ0v) is 11.3. The van der Waals surface area contributed by atoms with Crippen LogP contribution in [0.15, 0.2) is 36.5 Å². The Balaban J connectivity index is 2.34. The van der Waals surface area contributed by atoms with Gasteiger partial charge < -0.3 is 15.2 Å². The number of aromatic nitrogens is 1. The number of pyridine rings is 1. The lowest BCUT2D eigenvalue weighted by Gasteiger charge is -2.13. The Morgan fingerprint density at radius 2 is 1.95 bits per heavy atom. The summed E-state index contributed by atoms with van der Waals surface area (Å²) >= 11 is 0. The number of anilines is 1. The molecule has 0 bridgehead atoms. The molecule has 0 aliphatic rings. The summed E-state index contributed by atoms with van der Waals surface area (Å²) in [7, 11) is 1.17. The van der Waals surface area contributed by atoms with Crippen molar-refractivity contribution in [2.24, 2.45) is 0 Å². The van der Waals surface area contributed by atoms with Crippen LogP contribution in [-0.4, -0.2) is 18.1 Å². The number of hydrogen-bond donors (Lipinski definition) is 1. The molecule has 0 spiro atoms. The van der Waals surface area contributed by atoms with E-state index in [-0.39, 0.29) is 22.9 Å². The molecule has 2 N–H and O–H groups in total. The molecule has 1 aromatic carbocycles. The molecule has 0 radical (unpaired) electrons. The first-order chi connectivity index (χ1) is 10.3. The molecule has 2 rings (SSSR count). The van der Waals surface area contributed by atoms with E-state index in [1.54, 1.807) is 0 Å². The van der Waals surface area contributed by atoms with Gasteiger partial charge in [0.05, 0.1) is 18.4 Å². The number of ether oxygens (including phenoxy) is 2. The maximum atomic E-state index is 12.6. The highest BCUT2D eigenvalue weighted by atomic mass is 19.4. The zero-order chi connectivity index (χ0) is 16.3. The monoisotopic (exact) mass is 312 g/mol. The van der Waals surface area contributed by atoms with Gasteiger partial charge >= 0.3 is 12.1 Å². The smallest absolute Gasteiger partial charge is 0.416 e. The van der Waals surface area contributed by atoms with E-state index >= 15 is 0 Å². The number of nitrogens with zero attached hydrogens (tertiary/aromatic N) is 1. The van der Waals surface area contributed by atoms with Gasteiger partial charge in [-0.25, -0.2) is 9.78 Å². The van der Waals surface area contributed by atoms with Crippen molar-refractivity contribution in [2.75, 3.05) is 12.8 Å². The molecule has 0 saturated carbocycles. The van der Waals surface area contributed by atoms with Gasteiger partial charge in [0, 0.05) is 6.20 Å². The third-order valence-corrected chi connectivity index (χ3v) is 2.71. The van der Waals surface area contributed by atoms with Gasteiger partial charge in [-0.3, -0.25) is 0 Å². The predicted octanol–water partition coefficient (Wildman–Crippen LogP) is 3.26. The number of carbonyl (C=O) groups is 1. The van der Waals surface area contributed by atoms with Crippen LogP contribution in [0.25, 0.3) is 0 Å². The van der Waals surface area contributed by atoms with E-state index in [4.69, 9.17) is 10.5 Å². The van der Waals surface area contributed by atoms with E-state index in [2.05, 4.69) is 9.72 Å². The summed E-state index contributed by atoms with van der Waals surface area (Å²) in [4.78, 5) is 15.4. The number of hydrogen-bond acceptors (Lipinski definition) is 5. The second kappa shape index (κ2) is 5.92. The Kier molecular flexibility index (Phi) is 4.20. The molecule has 0 amide bonds. The minimum absolute atomic E-state index is 0.0221. The van der Waals surface area contributed by atoms with Crippen LogP contribution in [0.1, 0.15) is 16.1 Å². The van der Waals surface area contributed by atoms with Gasteiger partial charge in [-0.05, 0) is 30.3 Å². The van der Waals surface area contributed by atoms with E-state index in [0.717, 1.165) is 18.2 Å². The second-order valence-electron chi connectivity index (χ2n) is 4.19. The highest BCUT2D eigenvalue weighted by Gasteiger charge is 2.31. The number of halogens is 3. The molecule has 2 aromatic rings. The van der Waals surface area contributed by atoms with Crippen molar-refractivity contribution in [1.82, 2.24) is 4.98 Å². The molecule has 5 nitrogen and oxygen atoms in total. The Labute approximate surface area is 123 Å². The fraction of sp³-hybridized carbons (Fsp3) is 0.143. The summed E-state index contributed by atoms with van der Waals surface area (Å²) in [5.74, 6) is -0.729. The summed E-state index contributed by atoms with van der Waals surface area (Å²) in [6.45, 7) is 0. The van der Waals surface area contributed by atoms with Crippen molar-refractivity contribution < 1.29 is 27.4 Å². The van der Waals surface area contributed by atoms with Gasteiger partial charge in [-0.2, -0.15) is 13.2 Å². The number of nitrogens with two attached hydrogens (primary N) is 1. The van der Waals surface area contributed by atoms with E-state index in [1.165, 1.54) is 25.4 Å². The first-order valence-corrected chi connectivity index (χ1v) is 6.01. The molecule has 0 aliphatic carbocycles. The Morgan fingerprint density at radius 1 is 1.23 bits per heavy atom. The Bertz CT molecular complexity index is 702. The fourth-order valence-electron chi connectivity index (χ4n) is 1.66. The SMILES string of the molecule is COC(=O)c1ncccc1Oc1ccc(C(F)(F)F)cc1N. The minimum Gasteiger partial charge on any atom is -0.464 e. The number of esters is 1. The van der Waals surface area contributed by atoms with Crippen molar-refractivity contribution in [1.29, 1.82) is 0 Å². The number of nitrogen functional groups attached to an aromatic ring is 1. The molecule has 0 fully saturated rings. The average molecular weight is 312 g/mol. The summed E-state index contributed by atoms with van der Waals surface area (Å²) in [5, 5.41) is 0. The van der Waals surface area contributed by atoms with Crippen molar-refractivity contribution >= 4 is 11.7 Å². The normalized spacial score (nSPS) is 11.1. The Hall–Kier alpha value is -2.77. The minimum atomic E-state index is -4.50. The molecule has 8 heteroatoms.